The van der Waals surface area contributed by atoms with Crippen molar-refractivity contribution in [3.8, 4) is 0 Å². The second-order valence-corrected chi connectivity index (χ2v) is 6.77. The Morgan fingerprint density at radius 2 is 2.44 bits per heavy atom. The number of amides is 1. The first-order valence-electron chi connectivity index (χ1n) is 6.44. The van der Waals surface area contributed by atoms with E-state index in [1.165, 1.54) is 24.2 Å². The van der Waals surface area contributed by atoms with Crippen LogP contribution in [-0.2, 0) is 11.2 Å². The van der Waals surface area contributed by atoms with Crippen LogP contribution in [0.25, 0.3) is 0 Å². The molecule has 1 aromatic rings. The Hall–Kier alpha value is -1.10. The van der Waals surface area contributed by atoms with Gasteiger partial charge in [-0.3, -0.25) is 4.79 Å². The Morgan fingerprint density at radius 1 is 1.67 bits per heavy atom. The summed E-state index contributed by atoms with van der Waals surface area (Å²) in [6, 6.07) is 0.317. The van der Waals surface area contributed by atoms with Crippen LogP contribution in [0.4, 0.5) is 5.13 Å². The van der Waals surface area contributed by atoms with Gasteiger partial charge in [-0.25, -0.2) is 4.98 Å². The first kappa shape index (κ1) is 13.3. The molecule has 3 N–H and O–H groups in total. The van der Waals surface area contributed by atoms with Crippen LogP contribution < -0.4 is 11.1 Å². The number of hydrogen-bond acceptors (Lipinski definition) is 4. The third kappa shape index (κ3) is 3.70. The van der Waals surface area contributed by atoms with Gasteiger partial charge in [0.25, 0.3) is 0 Å². The van der Waals surface area contributed by atoms with Crippen molar-refractivity contribution in [3.63, 3.8) is 0 Å². The monoisotopic (exact) mass is 267 g/mol. The molecular weight excluding hydrogens is 246 g/mol. The fourth-order valence-corrected chi connectivity index (χ4v) is 3.23. The molecule has 100 valence electrons. The number of aromatic nitrogens is 1. The van der Waals surface area contributed by atoms with Gasteiger partial charge in [-0.2, -0.15) is 0 Å². The van der Waals surface area contributed by atoms with Gasteiger partial charge in [-0.15, -0.1) is 11.3 Å². The van der Waals surface area contributed by atoms with Crippen molar-refractivity contribution >= 4 is 22.4 Å². The van der Waals surface area contributed by atoms with Crippen molar-refractivity contribution in [3.05, 3.63) is 11.1 Å². The fourth-order valence-electron chi connectivity index (χ4n) is 2.67. The van der Waals surface area contributed by atoms with Crippen molar-refractivity contribution in [2.75, 3.05) is 5.73 Å². The Labute approximate surface area is 112 Å². The van der Waals surface area contributed by atoms with Crippen LogP contribution >= 0.6 is 11.3 Å². The highest BCUT2D eigenvalue weighted by molar-refractivity contribution is 7.13. The molecule has 4 nitrogen and oxygen atoms in total. The molecule has 1 amide bonds. The van der Waals surface area contributed by atoms with Crippen LogP contribution in [0.5, 0.6) is 0 Å². The lowest BCUT2D eigenvalue weighted by Gasteiger charge is -2.35. The predicted octanol–water partition coefficient (Wildman–Crippen LogP) is 2.35. The van der Waals surface area contributed by atoms with Gasteiger partial charge in [0.1, 0.15) is 0 Å². The number of nitrogens with zero attached hydrogens (tertiary/aromatic N) is 1. The first-order valence-corrected chi connectivity index (χ1v) is 7.32. The van der Waals surface area contributed by atoms with Gasteiger partial charge >= 0.3 is 0 Å². The van der Waals surface area contributed by atoms with Crippen LogP contribution in [-0.4, -0.2) is 16.9 Å². The van der Waals surface area contributed by atoms with Gasteiger partial charge in [0, 0.05) is 11.4 Å². The number of nitrogens with one attached hydrogen (secondary N) is 1. The van der Waals surface area contributed by atoms with E-state index in [1.54, 1.807) is 0 Å². The topological polar surface area (TPSA) is 68.0 Å². The van der Waals surface area contributed by atoms with Gasteiger partial charge in [-0.1, -0.05) is 20.3 Å². The summed E-state index contributed by atoms with van der Waals surface area (Å²) in [7, 11) is 0. The Morgan fingerprint density at radius 3 is 3.06 bits per heavy atom. The summed E-state index contributed by atoms with van der Waals surface area (Å²) in [5.74, 6) is 0.0583. The molecular formula is C13H21N3OS. The maximum absolute atomic E-state index is 11.9. The van der Waals surface area contributed by atoms with Gasteiger partial charge < -0.3 is 11.1 Å². The van der Waals surface area contributed by atoms with E-state index in [0.717, 1.165) is 18.5 Å². The molecule has 2 rings (SSSR count). The molecule has 1 atom stereocenters. The molecule has 0 spiro atoms. The minimum atomic E-state index is 0.0583. The fraction of sp³-hybridized carbons (Fsp3) is 0.692. The number of anilines is 1. The lowest BCUT2D eigenvalue weighted by molar-refractivity contribution is -0.121. The molecule has 5 heteroatoms. The molecule has 1 aliphatic carbocycles. The van der Waals surface area contributed by atoms with E-state index in [-0.39, 0.29) is 5.91 Å². The zero-order valence-corrected chi connectivity index (χ0v) is 11.8. The standard InChI is InChI=1S/C13H21N3OS/c1-13(2)5-3-4-9(7-13)15-11(17)6-10-8-18-12(14)16-10/h8-9H,3-7H2,1-2H3,(H2,14,16)(H,15,17). The molecule has 1 fully saturated rings. The molecule has 1 saturated carbocycles. The summed E-state index contributed by atoms with van der Waals surface area (Å²) in [5.41, 5.74) is 6.67. The van der Waals surface area contributed by atoms with E-state index in [9.17, 15) is 4.79 Å². The molecule has 1 unspecified atom stereocenters. The number of nitrogen functional groups attached to an aromatic ring is 1. The smallest absolute Gasteiger partial charge is 0.226 e. The molecule has 0 aromatic carbocycles. The van der Waals surface area contributed by atoms with Gasteiger partial charge in [-0.05, 0) is 24.7 Å². The Balaban J connectivity index is 1.84. The largest absolute Gasteiger partial charge is 0.375 e. The van der Waals surface area contributed by atoms with Crippen molar-refractivity contribution < 1.29 is 4.79 Å². The van der Waals surface area contributed by atoms with Crippen molar-refractivity contribution in [1.29, 1.82) is 0 Å². The number of thiazole rings is 1. The van der Waals surface area contributed by atoms with Crippen molar-refractivity contribution in [2.24, 2.45) is 5.41 Å². The summed E-state index contributed by atoms with van der Waals surface area (Å²) in [6.45, 7) is 4.54. The molecule has 18 heavy (non-hydrogen) atoms. The SMILES string of the molecule is CC1(C)CCCC(NC(=O)Cc2csc(N)n2)C1. The van der Waals surface area contributed by atoms with Crippen LogP contribution in [0.15, 0.2) is 5.38 Å². The van der Waals surface area contributed by atoms with E-state index >= 15 is 0 Å². The minimum absolute atomic E-state index is 0.0583. The number of nitrogens with two attached hydrogens (primary N) is 1. The predicted molar refractivity (Wildman–Crippen MR) is 74.4 cm³/mol. The van der Waals surface area contributed by atoms with Crippen molar-refractivity contribution in [1.82, 2.24) is 10.3 Å². The quantitative estimate of drug-likeness (QED) is 0.883. The summed E-state index contributed by atoms with van der Waals surface area (Å²) < 4.78 is 0. The second-order valence-electron chi connectivity index (χ2n) is 5.88. The molecule has 1 heterocycles. The van der Waals surface area contributed by atoms with E-state index in [0.29, 0.717) is 23.0 Å². The highest BCUT2D eigenvalue weighted by Gasteiger charge is 2.28. The molecule has 0 radical (unpaired) electrons. The average Bonchev–Trinajstić information content (AvgIpc) is 2.62. The zero-order chi connectivity index (χ0) is 13.2. The third-order valence-electron chi connectivity index (χ3n) is 3.48. The lowest BCUT2D eigenvalue weighted by atomic mass is 9.75. The number of carbonyl (C=O) groups is 1. The maximum atomic E-state index is 11.9. The summed E-state index contributed by atoms with van der Waals surface area (Å²) in [4.78, 5) is 16.0. The number of rotatable bonds is 3. The average molecular weight is 267 g/mol. The molecule has 1 aromatic heterocycles. The van der Waals surface area contributed by atoms with E-state index < -0.39 is 0 Å². The normalized spacial score (nSPS) is 22.7. The van der Waals surface area contributed by atoms with E-state index in [1.807, 2.05) is 5.38 Å². The summed E-state index contributed by atoms with van der Waals surface area (Å²) in [6.07, 6.45) is 4.94. The minimum Gasteiger partial charge on any atom is -0.375 e. The lowest BCUT2D eigenvalue weighted by Crippen LogP contribution is -2.41. The number of carbonyl (C=O) groups excluding carboxylic acids is 1. The van der Waals surface area contributed by atoms with Crippen molar-refractivity contribution in [2.45, 2.75) is 52.0 Å². The number of hydrogen-bond donors (Lipinski definition) is 2. The summed E-state index contributed by atoms with van der Waals surface area (Å²) >= 11 is 1.38. The Bertz CT molecular complexity index is 428. The van der Waals surface area contributed by atoms with E-state index in [2.05, 4.69) is 24.1 Å². The molecule has 1 aliphatic rings. The van der Waals surface area contributed by atoms with Crippen LogP contribution in [0.2, 0.25) is 0 Å². The van der Waals surface area contributed by atoms with Crippen LogP contribution in [0, 0.1) is 5.41 Å². The second kappa shape index (κ2) is 5.26. The molecule has 0 saturated heterocycles. The van der Waals surface area contributed by atoms with Crippen LogP contribution in [0.3, 0.4) is 0 Å². The highest BCUT2D eigenvalue weighted by Crippen LogP contribution is 2.35. The first-order chi connectivity index (χ1) is 8.44. The third-order valence-corrected chi connectivity index (χ3v) is 4.20. The van der Waals surface area contributed by atoms with Gasteiger partial charge in [0.15, 0.2) is 5.13 Å². The highest BCUT2D eigenvalue weighted by atomic mass is 32.1. The summed E-state index contributed by atoms with van der Waals surface area (Å²) in [5, 5.41) is 5.49. The Kier molecular flexibility index (Phi) is 3.90. The maximum Gasteiger partial charge on any atom is 0.226 e. The molecule has 0 aliphatic heterocycles. The molecule has 0 bridgehead atoms. The zero-order valence-electron chi connectivity index (χ0n) is 11.0. The van der Waals surface area contributed by atoms with Gasteiger partial charge in [0.05, 0.1) is 12.1 Å². The van der Waals surface area contributed by atoms with Gasteiger partial charge in [0.2, 0.25) is 5.91 Å². The van der Waals surface area contributed by atoms with Crippen LogP contribution in [0.1, 0.15) is 45.2 Å². The van der Waals surface area contributed by atoms with E-state index in [4.69, 9.17) is 5.73 Å².